The lowest BCUT2D eigenvalue weighted by Crippen LogP contribution is -2.46. The Bertz CT molecular complexity index is 1470. The van der Waals surface area contributed by atoms with Crippen LogP contribution in [0.4, 0.5) is 11.8 Å². The number of aryl methyl sites for hydroxylation is 1. The molecule has 0 aliphatic carbocycles. The van der Waals surface area contributed by atoms with Crippen molar-refractivity contribution in [3.05, 3.63) is 47.2 Å². The van der Waals surface area contributed by atoms with Gasteiger partial charge in [0.25, 0.3) is 0 Å². The molecule has 0 radical (unpaired) electrons. The Hall–Kier alpha value is -3.58. The molecule has 1 saturated heterocycles. The predicted octanol–water partition coefficient (Wildman–Crippen LogP) is 4.97. The van der Waals surface area contributed by atoms with E-state index < -0.39 is 11.9 Å². The van der Waals surface area contributed by atoms with Gasteiger partial charge in [-0.2, -0.15) is 4.98 Å². The van der Waals surface area contributed by atoms with Gasteiger partial charge in [0.1, 0.15) is 11.3 Å². The SMILES string of the molecule is CCCCCNc1nc(N)nc2ccn(Cc3ccc(CN4CCN(CCOCCCOCCCC(=O)CC(C)C(=O)O)CC4)cc3C)c12. The summed E-state index contributed by atoms with van der Waals surface area (Å²) in [5, 5.41) is 12.4. The van der Waals surface area contributed by atoms with Crippen molar-refractivity contribution in [1.82, 2.24) is 24.3 Å². The third kappa shape index (κ3) is 12.7. The monoisotopic (exact) mass is 679 g/mol. The van der Waals surface area contributed by atoms with Crippen molar-refractivity contribution in [3.8, 4) is 0 Å². The number of fused-ring (bicyclic) bond motifs is 1. The molecule has 0 saturated carbocycles. The molecule has 3 heterocycles. The Kier molecular flexibility index (Phi) is 15.7. The molecule has 270 valence electrons. The van der Waals surface area contributed by atoms with Crippen LogP contribution in [-0.4, -0.2) is 107 Å². The number of hydrogen-bond acceptors (Lipinski definition) is 10. The van der Waals surface area contributed by atoms with Crippen LogP contribution in [0.15, 0.2) is 30.5 Å². The van der Waals surface area contributed by atoms with Gasteiger partial charge in [0.2, 0.25) is 5.95 Å². The second kappa shape index (κ2) is 20.2. The number of unbranched alkanes of at least 4 members (excludes halogenated alkanes) is 2. The highest BCUT2D eigenvalue weighted by atomic mass is 16.5. The highest BCUT2D eigenvalue weighted by Crippen LogP contribution is 2.25. The normalized spacial score (nSPS) is 14.8. The minimum atomic E-state index is -0.929. The quantitative estimate of drug-likeness (QED) is 0.117. The van der Waals surface area contributed by atoms with Crippen molar-refractivity contribution in [2.45, 2.75) is 78.8 Å². The first-order valence-corrected chi connectivity index (χ1v) is 18.0. The lowest BCUT2D eigenvalue weighted by Gasteiger charge is -2.34. The molecule has 3 aromatic rings. The lowest BCUT2D eigenvalue weighted by molar-refractivity contribution is -0.143. The van der Waals surface area contributed by atoms with Crippen LogP contribution >= 0.6 is 0 Å². The number of carbonyl (C=O) groups excluding carboxylic acids is 1. The van der Waals surface area contributed by atoms with Gasteiger partial charge >= 0.3 is 5.97 Å². The average Bonchev–Trinajstić information content (AvgIpc) is 3.48. The van der Waals surface area contributed by atoms with Crippen LogP contribution < -0.4 is 11.1 Å². The van der Waals surface area contributed by atoms with Gasteiger partial charge in [0, 0.05) is 91.2 Å². The third-order valence-electron chi connectivity index (χ3n) is 9.15. The molecule has 1 atom stereocenters. The summed E-state index contributed by atoms with van der Waals surface area (Å²) in [6.07, 6.45) is 7.43. The first-order valence-electron chi connectivity index (χ1n) is 18.0. The molecule has 1 aliphatic heterocycles. The summed E-state index contributed by atoms with van der Waals surface area (Å²) in [4.78, 5) is 36.6. The van der Waals surface area contributed by atoms with Gasteiger partial charge in [-0.15, -0.1) is 0 Å². The zero-order valence-electron chi connectivity index (χ0n) is 29.8. The van der Waals surface area contributed by atoms with Gasteiger partial charge in [-0.25, -0.2) is 4.98 Å². The van der Waals surface area contributed by atoms with E-state index in [9.17, 15) is 9.59 Å². The van der Waals surface area contributed by atoms with Crippen LogP contribution in [0.3, 0.4) is 0 Å². The number of ketones is 1. The van der Waals surface area contributed by atoms with E-state index in [4.69, 9.17) is 20.3 Å². The number of rotatable bonds is 23. The molecule has 1 aliphatic rings. The third-order valence-corrected chi connectivity index (χ3v) is 9.15. The molecule has 1 fully saturated rings. The van der Waals surface area contributed by atoms with Gasteiger partial charge in [0.15, 0.2) is 5.82 Å². The van der Waals surface area contributed by atoms with E-state index >= 15 is 0 Å². The molecule has 1 unspecified atom stereocenters. The summed E-state index contributed by atoms with van der Waals surface area (Å²) < 4.78 is 13.6. The minimum absolute atomic E-state index is 0.0202. The van der Waals surface area contributed by atoms with Crippen molar-refractivity contribution in [2.75, 3.05) is 76.7 Å². The molecular formula is C37H57N7O5. The molecule has 0 spiro atoms. The number of anilines is 2. The number of aromatic nitrogens is 3. The van der Waals surface area contributed by atoms with E-state index in [0.717, 1.165) is 82.1 Å². The molecule has 0 bridgehead atoms. The van der Waals surface area contributed by atoms with Crippen molar-refractivity contribution in [2.24, 2.45) is 5.92 Å². The Morgan fingerprint density at radius 3 is 2.43 bits per heavy atom. The maximum atomic E-state index is 11.8. The highest BCUT2D eigenvalue weighted by molar-refractivity contribution is 5.87. The number of nitrogens with one attached hydrogen (secondary N) is 1. The number of carboxylic acids is 1. The second-order valence-electron chi connectivity index (χ2n) is 13.3. The van der Waals surface area contributed by atoms with Crippen LogP contribution in [0, 0.1) is 12.8 Å². The maximum Gasteiger partial charge on any atom is 0.306 e. The number of carboxylic acid groups (broad SMARTS) is 1. The first kappa shape index (κ1) is 38.2. The molecule has 12 nitrogen and oxygen atoms in total. The van der Waals surface area contributed by atoms with Gasteiger partial charge in [-0.05, 0) is 48.9 Å². The average molecular weight is 680 g/mol. The fourth-order valence-electron chi connectivity index (χ4n) is 6.17. The molecule has 4 N–H and O–H groups in total. The van der Waals surface area contributed by atoms with Crippen LogP contribution in [0.25, 0.3) is 11.0 Å². The Balaban J connectivity index is 1.10. The maximum absolute atomic E-state index is 11.8. The van der Waals surface area contributed by atoms with E-state index in [2.05, 4.69) is 67.9 Å². The molecular weight excluding hydrogens is 622 g/mol. The van der Waals surface area contributed by atoms with Crippen LogP contribution in [0.2, 0.25) is 0 Å². The number of benzene rings is 1. The van der Waals surface area contributed by atoms with E-state index in [1.54, 1.807) is 6.92 Å². The molecule has 4 rings (SSSR count). The van der Waals surface area contributed by atoms with E-state index in [-0.39, 0.29) is 12.2 Å². The van der Waals surface area contributed by atoms with Gasteiger partial charge < -0.3 is 30.2 Å². The molecule has 0 amide bonds. The van der Waals surface area contributed by atoms with Gasteiger partial charge in [0.05, 0.1) is 18.0 Å². The van der Waals surface area contributed by atoms with E-state index in [0.29, 0.717) is 45.2 Å². The summed E-state index contributed by atoms with van der Waals surface area (Å²) in [5.41, 5.74) is 11.8. The van der Waals surface area contributed by atoms with E-state index in [1.165, 1.54) is 29.5 Å². The number of nitrogen functional groups attached to an aromatic ring is 1. The Morgan fingerprint density at radius 1 is 0.959 bits per heavy atom. The predicted molar refractivity (Wildman–Crippen MR) is 194 cm³/mol. The number of nitrogens with two attached hydrogens (primary N) is 1. The summed E-state index contributed by atoms with van der Waals surface area (Å²) in [7, 11) is 0. The number of aliphatic carboxylic acids is 1. The van der Waals surface area contributed by atoms with Crippen molar-refractivity contribution >= 4 is 34.6 Å². The number of piperazine rings is 1. The number of nitrogens with zero attached hydrogens (tertiary/aromatic N) is 5. The number of carbonyl (C=O) groups is 2. The summed E-state index contributed by atoms with van der Waals surface area (Å²) in [6, 6.07) is 8.86. The van der Waals surface area contributed by atoms with Crippen LogP contribution in [0.1, 0.15) is 75.5 Å². The molecule has 12 heteroatoms. The van der Waals surface area contributed by atoms with Crippen molar-refractivity contribution in [3.63, 3.8) is 0 Å². The largest absolute Gasteiger partial charge is 0.481 e. The topological polar surface area (TPSA) is 148 Å². The number of ether oxygens (including phenoxy) is 2. The Morgan fingerprint density at radius 2 is 1.69 bits per heavy atom. The zero-order chi connectivity index (χ0) is 35.0. The number of Topliss-reactive ketones (excluding diaryl/α,β-unsaturated/α-hetero) is 1. The summed E-state index contributed by atoms with van der Waals surface area (Å²) >= 11 is 0. The van der Waals surface area contributed by atoms with E-state index in [1.807, 2.05) is 6.07 Å². The standard InChI is InChI=1S/C37H57N7O5/c1-4-5-6-13-39-35-34-33(40-37(38)41-35)12-14-44(34)27-31-11-10-30(24-28(31)2)26-43-17-15-42(16-18-43)19-23-49-22-8-21-48-20-7-9-32(45)25-29(3)36(46)47/h10-12,14,24,29H,4-9,13,15-23,25-27H2,1-3H3,(H,46,47)(H3,38,39,40,41). The van der Waals surface area contributed by atoms with Crippen molar-refractivity contribution in [1.29, 1.82) is 0 Å². The highest BCUT2D eigenvalue weighted by Gasteiger charge is 2.18. The first-order chi connectivity index (χ1) is 23.7. The molecule has 49 heavy (non-hydrogen) atoms. The number of hydrogen-bond donors (Lipinski definition) is 3. The van der Waals surface area contributed by atoms with Gasteiger partial charge in [-0.3, -0.25) is 19.4 Å². The summed E-state index contributed by atoms with van der Waals surface area (Å²) in [6.45, 7) is 16.1. The fraction of sp³-hybridized carbons (Fsp3) is 0.622. The minimum Gasteiger partial charge on any atom is -0.481 e. The van der Waals surface area contributed by atoms with Crippen molar-refractivity contribution < 1.29 is 24.2 Å². The van der Waals surface area contributed by atoms with Crippen LogP contribution in [-0.2, 0) is 32.2 Å². The summed E-state index contributed by atoms with van der Waals surface area (Å²) in [5.74, 6) is -0.473. The van der Waals surface area contributed by atoms with Crippen LogP contribution in [0.5, 0.6) is 0 Å². The smallest absolute Gasteiger partial charge is 0.306 e. The Labute approximate surface area is 291 Å². The lowest BCUT2D eigenvalue weighted by atomic mass is 10.0. The molecule has 1 aromatic carbocycles. The molecule has 2 aromatic heterocycles. The second-order valence-corrected chi connectivity index (χ2v) is 13.3. The van der Waals surface area contributed by atoms with Gasteiger partial charge in [-0.1, -0.05) is 44.9 Å². The fourth-order valence-corrected chi connectivity index (χ4v) is 6.17. The zero-order valence-corrected chi connectivity index (χ0v) is 29.8.